The van der Waals surface area contributed by atoms with Crippen molar-refractivity contribution in [1.29, 1.82) is 0 Å². The Balaban J connectivity index is 1.81. The van der Waals surface area contributed by atoms with E-state index < -0.39 is 10.0 Å². The summed E-state index contributed by atoms with van der Waals surface area (Å²) in [5, 5.41) is 3.64. The summed E-state index contributed by atoms with van der Waals surface area (Å²) < 4.78 is 27.9. The van der Waals surface area contributed by atoms with Gasteiger partial charge in [0.25, 0.3) is 0 Å². The van der Waals surface area contributed by atoms with Gasteiger partial charge >= 0.3 is 0 Å². The lowest BCUT2D eigenvalue weighted by Crippen LogP contribution is -2.38. The van der Waals surface area contributed by atoms with E-state index in [-0.39, 0.29) is 6.04 Å². The predicted molar refractivity (Wildman–Crippen MR) is 82.2 cm³/mol. The van der Waals surface area contributed by atoms with Crippen molar-refractivity contribution in [3.05, 3.63) is 29.3 Å². The van der Waals surface area contributed by atoms with Crippen LogP contribution in [0.5, 0.6) is 0 Å². The van der Waals surface area contributed by atoms with E-state index in [9.17, 15) is 8.42 Å². The van der Waals surface area contributed by atoms with Gasteiger partial charge in [0.1, 0.15) is 0 Å². The Kier molecular flexibility index (Phi) is 4.08. The molecule has 2 N–H and O–H groups in total. The second-order valence-corrected chi connectivity index (χ2v) is 8.26. The van der Waals surface area contributed by atoms with Gasteiger partial charge in [-0.3, -0.25) is 0 Å². The van der Waals surface area contributed by atoms with Gasteiger partial charge in [-0.25, -0.2) is 13.1 Å². The van der Waals surface area contributed by atoms with Crippen LogP contribution in [0.15, 0.2) is 23.1 Å². The third kappa shape index (κ3) is 2.74. The average Bonchev–Trinajstić information content (AvgIpc) is 3.05. The largest absolute Gasteiger partial charge is 0.309 e. The molecule has 3 rings (SSSR count). The van der Waals surface area contributed by atoms with E-state index >= 15 is 0 Å². The molecule has 0 bridgehead atoms. The maximum Gasteiger partial charge on any atom is 0.240 e. The van der Waals surface area contributed by atoms with Gasteiger partial charge in [0.2, 0.25) is 10.0 Å². The first-order chi connectivity index (χ1) is 9.60. The van der Waals surface area contributed by atoms with Crippen molar-refractivity contribution in [1.82, 2.24) is 10.0 Å². The molecule has 0 saturated heterocycles. The van der Waals surface area contributed by atoms with Gasteiger partial charge in [-0.1, -0.05) is 12.5 Å². The number of hydrogen-bond acceptors (Lipinski definition) is 4. The van der Waals surface area contributed by atoms with Gasteiger partial charge in [0, 0.05) is 24.4 Å². The second-order valence-electron chi connectivity index (χ2n) is 5.47. The smallest absolute Gasteiger partial charge is 0.240 e. The molecule has 0 radical (unpaired) electrons. The minimum absolute atomic E-state index is 0.0707. The molecule has 0 spiro atoms. The molecule has 1 aliphatic carbocycles. The van der Waals surface area contributed by atoms with Gasteiger partial charge in [0.15, 0.2) is 0 Å². The maximum atomic E-state index is 12.5. The van der Waals surface area contributed by atoms with E-state index in [2.05, 4.69) is 16.3 Å². The van der Waals surface area contributed by atoms with Gasteiger partial charge in [-0.2, -0.15) is 11.8 Å². The molecule has 0 aromatic heterocycles. The van der Waals surface area contributed by atoms with E-state index in [1.54, 1.807) is 23.9 Å². The fourth-order valence-corrected chi connectivity index (χ4v) is 5.43. The highest BCUT2D eigenvalue weighted by Gasteiger charge is 2.31. The Morgan fingerprint density at radius 2 is 2.05 bits per heavy atom. The lowest BCUT2D eigenvalue weighted by molar-refractivity contribution is 0.555. The lowest BCUT2D eigenvalue weighted by atomic mass is 10.1. The van der Waals surface area contributed by atoms with E-state index in [0.717, 1.165) is 37.9 Å². The Labute approximate surface area is 124 Å². The fraction of sp³-hybridized carbons (Fsp3) is 0.571. The van der Waals surface area contributed by atoms with Gasteiger partial charge in [0.05, 0.1) is 4.90 Å². The Bertz CT molecular complexity index is 601. The number of rotatable bonds is 4. The highest BCUT2D eigenvalue weighted by molar-refractivity contribution is 7.99. The van der Waals surface area contributed by atoms with Crippen molar-refractivity contribution in [3.63, 3.8) is 0 Å². The summed E-state index contributed by atoms with van der Waals surface area (Å²) >= 11 is 1.76. The zero-order valence-corrected chi connectivity index (χ0v) is 13.2. The predicted octanol–water partition coefficient (Wildman–Crippen LogP) is 1.85. The topological polar surface area (TPSA) is 58.2 Å². The average molecular weight is 312 g/mol. The van der Waals surface area contributed by atoms with E-state index in [1.807, 2.05) is 6.07 Å². The van der Waals surface area contributed by atoms with Crippen LogP contribution < -0.4 is 10.0 Å². The first kappa shape index (κ1) is 14.4. The zero-order chi connectivity index (χ0) is 14.2. The molecule has 1 saturated carbocycles. The van der Waals surface area contributed by atoms with Gasteiger partial charge < -0.3 is 5.32 Å². The summed E-state index contributed by atoms with van der Waals surface area (Å²) in [4.78, 5) is 0.395. The standard InChI is InChI=1S/C14H20N2O2S2/c1-19-14-4-2-3-13(14)16-20(17,18)12-6-5-10-8-15-9-11(10)7-12/h5-7,13-16H,2-4,8-9H2,1H3. The van der Waals surface area contributed by atoms with Crippen LogP contribution in [0, 0.1) is 0 Å². The van der Waals surface area contributed by atoms with Crippen LogP contribution in [0.3, 0.4) is 0 Å². The minimum atomic E-state index is -3.40. The van der Waals surface area contributed by atoms with Crippen molar-refractivity contribution in [2.45, 2.75) is 48.5 Å². The fourth-order valence-electron chi connectivity index (χ4n) is 3.05. The van der Waals surface area contributed by atoms with Crippen LogP contribution in [-0.4, -0.2) is 26.0 Å². The quantitative estimate of drug-likeness (QED) is 0.891. The molecule has 4 nitrogen and oxygen atoms in total. The third-order valence-corrected chi connectivity index (χ3v) is 6.84. The molecular weight excluding hydrogens is 292 g/mol. The van der Waals surface area contributed by atoms with Crippen molar-refractivity contribution in [3.8, 4) is 0 Å². The summed E-state index contributed by atoms with van der Waals surface area (Å²) in [6.45, 7) is 1.59. The molecule has 1 fully saturated rings. The molecule has 110 valence electrons. The highest BCUT2D eigenvalue weighted by Crippen LogP contribution is 2.30. The Morgan fingerprint density at radius 1 is 1.25 bits per heavy atom. The number of fused-ring (bicyclic) bond motifs is 1. The Hall–Kier alpha value is -0.560. The van der Waals surface area contributed by atoms with Crippen LogP contribution in [0.1, 0.15) is 30.4 Å². The Morgan fingerprint density at radius 3 is 2.85 bits per heavy atom. The first-order valence-corrected chi connectivity index (χ1v) is 9.75. The lowest BCUT2D eigenvalue weighted by Gasteiger charge is -2.19. The SMILES string of the molecule is CSC1CCCC1NS(=O)(=O)c1ccc2c(c1)CNC2. The molecule has 1 heterocycles. The molecule has 20 heavy (non-hydrogen) atoms. The van der Waals surface area contributed by atoms with E-state index in [4.69, 9.17) is 0 Å². The third-order valence-electron chi connectivity index (χ3n) is 4.18. The second kappa shape index (κ2) is 5.67. The van der Waals surface area contributed by atoms with Crippen molar-refractivity contribution >= 4 is 21.8 Å². The molecule has 2 unspecified atom stereocenters. The summed E-state index contributed by atoms with van der Waals surface area (Å²) in [6, 6.07) is 5.52. The highest BCUT2D eigenvalue weighted by atomic mass is 32.2. The summed E-state index contributed by atoms with van der Waals surface area (Å²) in [6.07, 6.45) is 5.20. The van der Waals surface area contributed by atoms with E-state index in [1.165, 1.54) is 5.56 Å². The summed E-state index contributed by atoms with van der Waals surface area (Å²) in [5.74, 6) is 0. The number of nitrogens with one attached hydrogen (secondary N) is 2. The van der Waals surface area contributed by atoms with Crippen LogP contribution in [0.4, 0.5) is 0 Å². The zero-order valence-electron chi connectivity index (χ0n) is 11.6. The molecule has 2 atom stereocenters. The number of thioether (sulfide) groups is 1. The summed E-state index contributed by atoms with van der Waals surface area (Å²) in [7, 11) is -3.40. The van der Waals surface area contributed by atoms with Crippen molar-refractivity contribution in [2.24, 2.45) is 0 Å². The molecule has 1 aromatic rings. The van der Waals surface area contributed by atoms with Crippen LogP contribution in [-0.2, 0) is 23.1 Å². The maximum absolute atomic E-state index is 12.5. The molecule has 6 heteroatoms. The molecule has 1 aromatic carbocycles. The van der Waals surface area contributed by atoms with Crippen LogP contribution in [0.2, 0.25) is 0 Å². The van der Waals surface area contributed by atoms with Crippen molar-refractivity contribution < 1.29 is 8.42 Å². The van der Waals surface area contributed by atoms with Crippen LogP contribution >= 0.6 is 11.8 Å². The van der Waals surface area contributed by atoms with E-state index in [0.29, 0.717) is 10.1 Å². The van der Waals surface area contributed by atoms with Gasteiger partial charge in [-0.05, 0) is 42.4 Å². The molecule has 1 aliphatic heterocycles. The minimum Gasteiger partial charge on any atom is -0.309 e. The molecule has 0 amide bonds. The summed E-state index contributed by atoms with van der Waals surface area (Å²) in [5.41, 5.74) is 2.30. The monoisotopic (exact) mass is 312 g/mol. The number of benzene rings is 1. The van der Waals surface area contributed by atoms with Crippen LogP contribution in [0.25, 0.3) is 0 Å². The first-order valence-electron chi connectivity index (χ1n) is 6.98. The number of hydrogen-bond donors (Lipinski definition) is 2. The van der Waals surface area contributed by atoms with Gasteiger partial charge in [-0.15, -0.1) is 0 Å². The van der Waals surface area contributed by atoms with Crippen molar-refractivity contribution in [2.75, 3.05) is 6.26 Å². The molecule has 2 aliphatic rings. The normalized spacial score (nSPS) is 25.9. The molecular formula is C14H20N2O2S2. The number of sulfonamides is 1.